The number of aliphatic carboxylic acids is 1. The molecule has 0 saturated carbocycles. The smallest absolute Gasteiger partial charge is 0.305 e. The summed E-state index contributed by atoms with van der Waals surface area (Å²) in [5.41, 5.74) is 0. The van der Waals surface area contributed by atoms with Crippen molar-refractivity contribution >= 4 is 11.9 Å². The fourth-order valence-corrected chi connectivity index (χ4v) is 1.82. The number of carboxylic acids is 1. The van der Waals surface area contributed by atoms with Gasteiger partial charge in [0, 0.05) is 19.7 Å². The highest BCUT2D eigenvalue weighted by Crippen LogP contribution is 2.15. The fourth-order valence-electron chi connectivity index (χ4n) is 1.82. The number of rotatable bonds is 6. The Morgan fingerprint density at radius 3 is 2.71 bits per heavy atom. The Labute approximate surface area is 100 Å². The minimum atomic E-state index is -0.958. The number of aliphatic hydroxyl groups is 1. The molecule has 0 radical (unpaired) electrons. The van der Waals surface area contributed by atoms with Crippen molar-refractivity contribution in [1.82, 2.24) is 4.90 Å². The summed E-state index contributed by atoms with van der Waals surface area (Å²) in [6, 6.07) is 0. The number of amides is 1. The van der Waals surface area contributed by atoms with Gasteiger partial charge >= 0.3 is 5.97 Å². The van der Waals surface area contributed by atoms with E-state index in [1.807, 2.05) is 0 Å². The molecule has 2 atom stereocenters. The zero-order valence-corrected chi connectivity index (χ0v) is 9.96. The Bertz CT molecular complexity index is 273. The molecule has 0 aromatic heterocycles. The number of ether oxygens (including phenoxy) is 1. The second-order valence-corrected chi connectivity index (χ2v) is 4.28. The van der Waals surface area contributed by atoms with E-state index in [4.69, 9.17) is 9.84 Å². The van der Waals surface area contributed by atoms with Crippen LogP contribution < -0.4 is 0 Å². The van der Waals surface area contributed by atoms with Crippen LogP contribution in [-0.2, 0) is 14.3 Å². The van der Waals surface area contributed by atoms with Crippen molar-refractivity contribution < 1.29 is 24.5 Å². The van der Waals surface area contributed by atoms with Crippen molar-refractivity contribution in [3.8, 4) is 0 Å². The normalized spacial score (nSPS) is 21.2. The predicted octanol–water partition coefficient (Wildman–Crippen LogP) is -0.150. The van der Waals surface area contributed by atoms with Crippen LogP contribution in [0.25, 0.3) is 0 Å². The molecule has 98 valence electrons. The highest BCUT2D eigenvalue weighted by molar-refractivity contribution is 5.81. The van der Waals surface area contributed by atoms with Crippen LogP contribution in [0.5, 0.6) is 0 Å². The SMILES string of the molecule is CC(O)CN(CCC(=O)O)C(=O)C1CCCO1. The third-order valence-corrected chi connectivity index (χ3v) is 2.60. The molecule has 6 heteroatoms. The van der Waals surface area contributed by atoms with Crippen molar-refractivity contribution in [1.29, 1.82) is 0 Å². The number of aliphatic hydroxyl groups excluding tert-OH is 1. The van der Waals surface area contributed by atoms with E-state index in [0.717, 1.165) is 6.42 Å². The molecule has 1 aliphatic heterocycles. The summed E-state index contributed by atoms with van der Waals surface area (Å²) >= 11 is 0. The molecule has 1 saturated heterocycles. The molecule has 0 bridgehead atoms. The van der Waals surface area contributed by atoms with Gasteiger partial charge in [0.1, 0.15) is 6.10 Å². The van der Waals surface area contributed by atoms with Crippen LogP contribution in [0.3, 0.4) is 0 Å². The summed E-state index contributed by atoms with van der Waals surface area (Å²) in [6.45, 7) is 2.39. The van der Waals surface area contributed by atoms with E-state index in [1.54, 1.807) is 6.92 Å². The summed E-state index contributed by atoms with van der Waals surface area (Å²) in [4.78, 5) is 23.9. The molecule has 2 unspecified atom stereocenters. The first kappa shape index (κ1) is 13.9. The topological polar surface area (TPSA) is 87.1 Å². The highest BCUT2D eigenvalue weighted by atomic mass is 16.5. The van der Waals surface area contributed by atoms with E-state index < -0.39 is 18.2 Å². The maximum atomic E-state index is 12.0. The summed E-state index contributed by atoms with van der Waals surface area (Å²) in [7, 11) is 0. The van der Waals surface area contributed by atoms with Crippen LogP contribution >= 0.6 is 0 Å². The molecule has 0 aliphatic carbocycles. The van der Waals surface area contributed by atoms with Crippen LogP contribution in [0.15, 0.2) is 0 Å². The third-order valence-electron chi connectivity index (χ3n) is 2.60. The van der Waals surface area contributed by atoms with E-state index >= 15 is 0 Å². The van der Waals surface area contributed by atoms with Gasteiger partial charge in [0.2, 0.25) is 0 Å². The minimum Gasteiger partial charge on any atom is -0.481 e. The van der Waals surface area contributed by atoms with E-state index in [0.29, 0.717) is 13.0 Å². The molecular weight excluding hydrogens is 226 g/mol. The van der Waals surface area contributed by atoms with Crippen LogP contribution in [0.2, 0.25) is 0 Å². The van der Waals surface area contributed by atoms with Crippen molar-refractivity contribution in [2.24, 2.45) is 0 Å². The van der Waals surface area contributed by atoms with E-state index in [1.165, 1.54) is 4.90 Å². The van der Waals surface area contributed by atoms with Crippen molar-refractivity contribution in [3.05, 3.63) is 0 Å². The minimum absolute atomic E-state index is 0.110. The zero-order chi connectivity index (χ0) is 12.8. The molecule has 17 heavy (non-hydrogen) atoms. The van der Waals surface area contributed by atoms with Gasteiger partial charge in [0.05, 0.1) is 12.5 Å². The van der Waals surface area contributed by atoms with Crippen LogP contribution in [0, 0.1) is 0 Å². The number of hydrogen-bond acceptors (Lipinski definition) is 4. The molecule has 0 spiro atoms. The van der Waals surface area contributed by atoms with Crippen LogP contribution in [-0.4, -0.2) is 58.9 Å². The molecular formula is C11H19NO5. The Hall–Kier alpha value is -1.14. The fraction of sp³-hybridized carbons (Fsp3) is 0.818. The second-order valence-electron chi connectivity index (χ2n) is 4.28. The maximum absolute atomic E-state index is 12.0. The molecule has 1 amide bonds. The lowest BCUT2D eigenvalue weighted by molar-refractivity contribution is -0.144. The molecule has 0 aromatic carbocycles. The number of nitrogens with zero attached hydrogens (tertiary/aromatic N) is 1. The molecule has 1 aliphatic rings. The Balaban J connectivity index is 2.53. The third kappa shape index (κ3) is 4.70. The molecule has 1 fully saturated rings. The van der Waals surface area contributed by atoms with Gasteiger partial charge in [-0.05, 0) is 19.8 Å². The number of carbonyl (C=O) groups excluding carboxylic acids is 1. The van der Waals surface area contributed by atoms with Gasteiger partial charge in [-0.2, -0.15) is 0 Å². The van der Waals surface area contributed by atoms with Gasteiger partial charge < -0.3 is 19.8 Å². The van der Waals surface area contributed by atoms with Gasteiger partial charge in [-0.25, -0.2) is 0 Å². The lowest BCUT2D eigenvalue weighted by atomic mass is 10.2. The summed E-state index contributed by atoms with van der Waals surface area (Å²) in [5.74, 6) is -1.18. The average molecular weight is 245 g/mol. The molecule has 6 nitrogen and oxygen atoms in total. The largest absolute Gasteiger partial charge is 0.481 e. The van der Waals surface area contributed by atoms with Gasteiger partial charge in [-0.1, -0.05) is 0 Å². The quantitative estimate of drug-likeness (QED) is 0.679. The first-order valence-electron chi connectivity index (χ1n) is 5.81. The summed E-state index contributed by atoms with van der Waals surface area (Å²) in [5, 5.41) is 17.9. The zero-order valence-electron chi connectivity index (χ0n) is 9.96. The van der Waals surface area contributed by atoms with Gasteiger partial charge in [0.15, 0.2) is 0 Å². The average Bonchev–Trinajstić information content (AvgIpc) is 2.75. The molecule has 1 rings (SSSR count). The highest BCUT2D eigenvalue weighted by Gasteiger charge is 2.28. The first-order chi connectivity index (χ1) is 8.00. The Kier molecular flexibility index (Phi) is 5.37. The summed E-state index contributed by atoms with van der Waals surface area (Å²) in [6.07, 6.45) is 0.252. The van der Waals surface area contributed by atoms with Crippen molar-refractivity contribution in [2.75, 3.05) is 19.7 Å². The molecule has 0 aromatic rings. The van der Waals surface area contributed by atoms with Crippen molar-refractivity contribution in [3.63, 3.8) is 0 Å². The second kappa shape index (κ2) is 6.56. The van der Waals surface area contributed by atoms with Crippen LogP contribution in [0.4, 0.5) is 0 Å². The van der Waals surface area contributed by atoms with Gasteiger partial charge in [-0.3, -0.25) is 9.59 Å². The van der Waals surface area contributed by atoms with E-state index in [9.17, 15) is 14.7 Å². The Morgan fingerprint density at radius 2 is 2.24 bits per heavy atom. The monoisotopic (exact) mass is 245 g/mol. The van der Waals surface area contributed by atoms with E-state index in [2.05, 4.69) is 0 Å². The molecule has 2 N–H and O–H groups in total. The lowest BCUT2D eigenvalue weighted by Crippen LogP contribution is -2.43. The predicted molar refractivity (Wildman–Crippen MR) is 59.5 cm³/mol. The van der Waals surface area contributed by atoms with Gasteiger partial charge in [-0.15, -0.1) is 0 Å². The van der Waals surface area contributed by atoms with Gasteiger partial charge in [0.25, 0.3) is 5.91 Å². The van der Waals surface area contributed by atoms with Crippen molar-refractivity contribution in [2.45, 2.75) is 38.4 Å². The standard InChI is InChI=1S/C11H19NO5/c1-8(13)7-12(5-4-10(14)15)11(16)9-3-2-6-17-9/h8-9,13H,2-7H2,1H3,(H,14,15). The Morgan fingerprint density at radius 1 is 1.53 bits per heavy atom. The van der Waals surface area contributed by atoms with E-state index in [-0.39, 0.29) is 25.4 Å². The molecule has 1 heterocycles. The number of hydrogen-bond donors (Lipinski definition) is 2. The summed E-state index contributed by atoms with van der Waals surface area (Å²) < 4.78 is 5.26. The number of carboxylic acid groups (broad SMARTS) is 1. The maximum Gasteiger partial charge on any atom is 0.305 e. The lowest BCUT2D eigenvalue weighted by Gasteiger charge is -2.25. The number of carbonyl (C=O) groups is 2. The first-order valence-corrected chi connectivity index (χ1v) is 5.81. The van der Waals surface area contributed by atoms with Crippen LogP contribution in [0.1, 0.15) is 26.2 Å².